The number of hydrogen-bond donors (Lipinski definition) is 3. The van der Waals surface area contributed by atoms with Gasteiger partial charge in [-0.05, 0) is 35.7 Å². The van der Waals surface area contributed by atoms with Gasteiger partial charge in [0.05, 0.1) is 16.1 Å². The first-order valence-corrected chi connectivity index (χ1v) is 11.5. The van der Waals surface area contributed by atoms with Crippen molar-refractivity contribution in [1.82, 2.24) is 9.97 Å². The van der Waals surface area contributed by atoms with Gasteiger partial charge in [-0.3, -0.25) is 9.69 Å². The number of carbonyl (C=O) groups is 1. The van der Waals surface area contributed by atoms with Crippen LogP contribution in [0.2, 0.25) is 0 Å². The molecule has 0 saturated heterocycles. The standard InChI is InChI=1S/C24H23F2N5O2S/c1-33-13-31-20-7-6-14(9-18(20)24(25,26)22(31)32)21-12-30-23(34-21)29-11-16(27)8-15-10-28-19-5-3-2-4-17(15)19/h2-7,9-10,12,16,28H,8,11,13,27H2,1H3,(H,29,30)/t16-/m0/s1. The van der Waals surface area contributed by atoms with E-state index >= 15 is 0 Å². The van der Waals surface area contributed by atoms with Crippen molar-refractivity contribution in [3.05, 3.63) is 66.0 Å². The molecule has 7 nitrogen and oxygen atoms in total. The molecule has 0 bridgehead atoms. The van der Waals surface area contributed by atoms with E-state index in [2.05, 4.69) is 21.4 Å². The van der Waals surface area contributed by atoms with Crippen molar-refractivity contribution < 1.29 is 18.3 Å². The highest BCUT2D eigenvalue weighted by molar-refractivity contribution is 7.18. The summed E-state index contributed by atoms with van der Waals surface area (Å²) in [6, 6.07) is 12.5. The zero-order valence-corrected chi connectivity index (χ0v) is 19.2. The van der Waals surface area contributed by atoms with Crippen molar-refractivity contribution in [1.29, 1.82) is 0 Å². The number of amides is 1. The average Bonchev–Trinajstić information content (AvgIpc) is 3.52. The van der Waals surface area contributed by atoms with E-state index in [0.29, 0.717) is 28.5 Å². The molecule has 3 heterocycles. The largest absolute Gasteiger partial charge is 0.364 e. The molecule has 5 rings (SSSR count). The number of halogens is 2. The lowest BCUT2D eigenvalue weighted by molar-refractivity contribution is -0.142. The van der Waals surface area contributed by atoms with E-state index in [4.69, 9.17) is 10.5 Å². The summed E-state index contributed by atoms with van der Waals surface area (Å²) >= 11 is 1.34. The summed E-state index contributed by atoms with van der Waals surface area (Å²) in [6.07, 6.45) is 4.30. The highest BCUT2D eigenvalue weighted by Crippen LogP contribution is 2.46. The van der Waals surface area contributed by atoms with Gasteiger partial charge in [0, 0.05) is 43.0 Å². The second-order valence-electron chi connectivity index (χ2n) is 8.19. The summed E-state index contributed by atoms with van der Waals surface area (Å²) in [6.45, 7) is 0.281. The number of aromatic amines is 1. The second kappa shape index (κ2) is 8.79. The normalized spacial score (nSPS) is 15.6. The van der Waals surface area contributed by atoms with Crippen LogP contribution in [-0.2, 0) is 21.9 Å². The Morgan fingerprint density at radius 2 is 2.12 bits per heavy atom. The Morgan fingerprint density at radius 1 is 1.29 bits per heavy atom. The number of fused-ring (bicyclic) bond motifs is 2. The summed E-state index contributed by atoms with van der Waals surface area (Å²) in [5.74, 6) is -4.87. The van der Waals surface area contributed by atoms with Gasteiger partial charge < -0.3 is 20.8 Å². The number of rotatable bonds is 8. The molecule has 34 heavy (non-hydrogen) atoms. The van der Waals surface area contributed by atoms with E-state index in [0.717, 1.165) is 21.4 Å². The number of ether oxygens (including phenoxy) is 1. The van der Waals surface area contributed by atoms with Crippen LogP contribution in [-0.4, -0.2) is 42.3 Å². The van der Waals surface area contributed by atoms with Gasteiger partial charge in [0.15, 0.2) is 5.13 Å². The van der Waals surface area contributed by atoms with E-state index in [9.17, 15) is 13.6 Å². The Labute approximate surface area is 198 Å². The van der Waals surface area contributed by atoms with Gasteiger partial charge in [0.25, 0.3) is 0 Å². The number of nitrogens with one attached hydrogen (secondary N) is 2. The van der Waals surface area contributed by atoms with Crippen molar-refractivity contribution in [2.24, 2.45) is 5.73 Å². The molecule has 1 amide bonds. The van der Waals surface area contributed by atoms with Gasteiger partial charge in [0.2, 0.25) is 0 Å². The minimum atomic E-state index is -3.59. The van der Waals surface area contributed by atoms with Crippen LogP contribution in [0.5, 0.6) is 0 Å². The van der Waals surface area contributed by atoms with Crippen molar-refractivity contribution >= 4 is 39.0 Å². The third-order valence-corrected chi connectivity index (χ3v) is 6.86. The molecule has 0 unspecified atom stereocenters. The number of para-hydroxylation sites is 1. The Hall–Kier alpha value is -3.34. The number of methoxy groups -OCH3 is 1. The minimum Gasteiger partial charge on any atom is -0.364 e. The lowest BCUT2D eigenvalue weighted by Crippen LogP contribution is -2.35. The maximum Gasteiger partial charge on any atom is 0.352 e. The molecular formula is C24H23F2N5O2S. The number of nitrogens with two attached hydrogens (primary N) is 1. The first-order chi connectivity index (χ1) is 16.4. The van der Waals surface area contributed by atoms with Crippen molar-refractivity contribution in [3.63, 3.8) is 0 Å². The second-order valence-corrected chi connectivity index (χ2v) is 9.22. The molecule has 0 saturated carbocycles. The van der Waals surface area contributed by atoms with Crippen LogP contribution in [0, 0.1) is 0 Å². The van der Waals surface area contributed by atoms with Gasteiger partial charge in [0.1, 0.15) is 6.73 Å². The number of thiazole rings is 1. The van der Waals surface area contributed by atoms with Gasteiger partial charge >= 0.3 is 11.8 Å². The lowest BCUT2D eigenvalue weighted by atomic mass is 10.1. The van der Waals surface area contributed by atoms with Gasteiger partial charge in [-0.25, -0.2) is 4.98 Å². The highest BCUT2D eigenvalue weighted by atomic mass is 32.1. The fourth-order valence-electron chi connectivity index (χ4n) is 4.19. The Balaban J connectivity index is 1.27. The van der Waals surface area contributed by atoms with E-state index in [1.165, 1.54) is 30.6 Å². The van der Waals surface area contributed by atoms with Crippen LogP contribution in [0.15, 0.2) is 54.9 Å². The molecule has 0 spiro atoms. The number of benzene rings is 2. The van der Waals surface area contributed by atoms with Crippen molar-refractivity contribution in [2.45, 2.75) is 18.4 Å². The SMILES string of the molecule is COCN1C(=O)C(F)(F)c2cc(-c3cnc(NC[C@@H](N)Cc4c[nH]c5ccccc45)s3)ccc21. The summed E-state index contributed by atoms with van der Waals surface area (Å²) in [7, 11) is 1.36. The monoisotopic (exact) mass is 483 g/mol. The van der Waals surface area contributed by atoms with Crippen molar-refractivity contribution in [2.75, 3.05) is 30.6 Å². The van der Waals surface area contributed by atoms with Gasteiger partial charge in [-0.2, -0.15) is 8.78 Å². The maximum absolute atomic E-state index is 14.6. The molecule has 0 radical (unpaired) electrons. The molecule has 1 aliphatic heterocycles. The minimum absolute atomic E-state index is 0.136. The van der Waals surface area contributed by atoms with Gasteiger partial charge in [-0.15, -0.1) is 0 Å². The summed E-state index contributed by atoms with van der Waals surface area (Å²) in [4.78, 5) is 21.4. The first-order valence-electron chi connectivity index (χ1n) is 10.7. The number of alkyl halides is 2. The fraction of sp³-hybridized carbons (Fsp3) is 0.250. The zero-order chi connectivity index (χ0) is 23.9. The van der Waals surface area contributed by atoms with Crippen LogP contribution in [0.4, 0.5) is 19.6 Å². The number of anilines is 2. The number of H-pyrrole nitrogens is 1. The number of carbonyl (C=O) groups excluding carboxylic acids is 1. The number of aromatic nitrogens is 2. The maximum atomic E-state index is 14.6. The Bertz CT molecular complexity index is 1350. The predicted molar refractivity (Wildman–Crippen MR) is 129 cm³/mol. The summed E-state index contributed by atoms with van der Waals surface area (Å²) in [5, 5.41) is 5.04. The summed E-state index contributed by atoms with van der Waals surface area (Å²) < 4.78 is 34.1. The van der Waals surface area contributed by atoms with Crippen LogP contribution in [0.25, 0.3) is 21.3 Å². The van der Waals surface area contributed by atoms with E-state index in [1.807, 2.05) is 24.4 Å². The fourth-order valence-corrected chi connectivity index (χ4v) is 5.01. The van der Waals surface area contributed by atoms with Crippen LogP contribution in [0.3, 0.4) is 0 Å². The van der Waals surface area contributed by atoms with E-state index < -0.39 is 11.8 Å². The third-order valence-electron chi connectivity index (χ3n) is 5.86. The molecule has 1 atom stereocenters. The molecule has 1 aliphatic rings. The predicted octanol–water partition coefficient (Wildman–Crippen LogP) is 4.32. The molecule has 10 heteroatoms. The molecule has 0 fully saturated rings. The van der Waals surface area contributed by atoms with Crippen molar-refractivity contribution in [3.8, 4) is 10.4 Å². The number of nitrogens with zero attached hydrogens (tertiary/aromatic N) is 2. The molecule has 2 aromatic heterocycles. The van der Waals surface area contributed by atoms with E-state index in [-0.39, 0.29) is 24.0 Å². The zero-order valence-electron chi connectivity index (χ0n) is 18.3. The summed E-state index contributed by atoms with van der Waals surface area (Å²) in [5.41, 5.74) is 8.97. The molecule has 176 valence electrons. The topological polar surface area (TPSA) is 96.3 Å². The third kappa shape index (κ3) is 3.93. The van der Waals surface area contributed by atoms with E-state index in [1.54, 1.807) is 12.3 Å². The Morgan fingerprint density at radius 3 is 2.94 bits per heavy atom. The molecular weight excluding hydrogens is 460 g/mol. The quantitative estimate of drug-likeness (QED) is 0.347. The molecule has 4 N–H and O–H groups in total. The Kier molecular flexibility index (Phi) is 5.80. The average molecular weight is 484 g/mol. The van der Waals surface area contributed by atoms with Crippen LogP contribution < -0.4 is 16.0 Å². The van der Waals surface area contributed by atoms with Crippen LogP contribution in [0.1, 0.15) is 11.1 Å². The molecule has 4 aromatic rings. The smallest absolute Gasteiger partial charge is 0.352 e. The van der Waals surface area contributed by atoms with Crippen LogP contribution >= 0.6 is 11.3 Å². The number of hydrogen-bond acceptors (Lipinski definition) is 6. The first kappa shape index (κ1) is 22.5. The lowest BCUT2D eigenvalue weighted by Gasteiger charge is -2.15. The highest BCUT2D eigenvalue weighted by Gasteiger charge is 2.53. The van der Waals surface area contributed by atoms with Gasteiger partial charge in [-0.1, -0.05) is 35.6 Å². The molecule has 2 aromatic carbocycles. The molecule has 0 aliphatic carbocycles.